The number of methoxy groups -OCH3 is 2. The fourth-order valence-corrected chi connectivity index (χ4v) is 4.81. The van der Waals surface area contributed by atoms with Crippen LogP contribution in [0.3, 0.4) is 0 Å². The fourth-order valence-electron chi connectivity index (χ4n) is 3.38. The Balaban J connectivity index is 1.58. The third-order valence-corrected chi connectivity index (χ3v) is 6.92. The minimum absolute atomic E-state index is 0.0793. The quantitative estimate of drug-likeness (QED) is 0.744. The Morgan fingerprint density at radius 1 is 1.18 bits per heavy atom. The number of nitrogens with one attached hydrogen (secondary N) is 1. The van der Waals surface area contributed by atoms with Crippen molar-refractivity contribution >= 4 is 16.1 Å². The molecule has 1 N–H and O–H groups in total. The largest absolute Gasteiger partial charge is 0.493 e. The minimum atomic E-state index is -3.67. The molecule has 10 heteroatoms. The van der Waals surface area contributed by atoms with E-state index in [9.17, 15) is 13.2 Å². The molecule has 2 aliphatic heterocycles. The third kappa shape index (κ3) is 4.50. The van der Waals surface area contributed by atoms with Crippen molar-refractivity contribution in [3.05, 3.63) is 18.2 Å². The lowest BCUT2D eigenvalue weighted by Gasteiger charge is -2.34. The van der Waals surface area contributed by atoms with E-state index in [1.165, 1.54) is 30.7 Å². The van der Waals surface area contributed by atoms with Gasteiger partial charge in [0, 0.05) is 45.4 Å². The average molecular weight is 413 g/mol. The number of amides is 2. The number of benzene rings is 1. The van der Waals surface area contributed by atoms with Crippen molar-refractivity contribution in [2.75, 3.05) is 53.6 Å². The van der Waals surface area contributed by atoms with Crippen LogP contribution in [-0.2, 0) is 14.8 Å². The van der Waals surface area contributed by atoms with E-state index in [2.05, 4.69) is 5.32 Å². The van der Waals surface area contributed by atoms with Crippen molar-refractivity contribution in [1.29, 1.82) is 0 Å². The van der Waals surface area contributed by atoms with Gasteiger partial charge in [-0.2, -0.15) is 4.31 Å². The summed E-state index contributed by atoms with van der Waals surface area (Å²) in [6, 6.07) is 4.34. The van der Waals surface area contributed by atoms with E-state index >= 15 is 0 Å². The van der Waals surface area contributed by atoms with Gasteiger partial charge < -0.3 is 24.4 Å². The molecule has 2 saturated heterocycles. The highest BCUT2D eigenvalue weighted by Gasteiger charge is 2.31. The highest BCUT2D eigenvalue weighted by Crippen LogP contribution is 2.30. The summed E-state index contributed by atoms with van der Waals surface area (Å²) in [5.74, 6) is 0.824. The number of piperazine rings is 1. The molecular weight excluding hydrogens is 386 g/mol. The molecule has 3 rings (SSSR count). The molecule has 0 radical (unpaired) electrons. The lowest BCUT2D eigenvalue weighted by molar-refractivity contribution is 0.107. The Bertz CT molecular complexity index is 787. The predicted molar refractivity (Wildman–Crippen MR) is 102 cm³/mol. The predicted octanol–water partition coefficient (Wildman–Crippen LogP) is 0.899. The van der Waals surface area contributed by atoms with Gasteiger partial charge in [0.25, 0.3) is 0 Å². The second-order valence-corrected chi connectivity index (χ2v) is 8.67. The molecule has 0 aromatic heterocycles. The van der Waals surface area contributed by atoms with Crippen LogP contribution in [0.4, 0.5) is 4.79 Å². The zero-order valence-electron chi connectivity index (χ0n) is 16.2. The molecule has 156 valence electrons. The zero-order valence-corrected chi connectivity index (χ0v) is 17.0. The number of hydrogen-bond acceptors (Lipinski definition) is 6. The molecule has 1 aromatic carbocycles. The number of carbonyl (C=O) groups is 1. The van der Waals surface area contributed by atoms with Gasteiger partial charge in [0.2, 0.25) is 10.0 Å². The monoisotopic (exact) mass is 413 g/mol. The Morgan fingerprint density at radius 2 is 1.89 bits per heavy atom. The average Bonchev–Trinajstić information content (AvgIpc) is 3.25. The van der Waals surface area contributed by atoms with Gasteiger partial charge in [0.05, 0.1) is 25.2 Å². The van der Waals surface area contributed by atoms with Gasteiger partial charge in [-0.15, -0.1) is 0 Å². The van der Waals surface area contributed by atoms with Crippen molar-refractivity contribution in [3.63, 3.8) is 0 Å². The van der Waals surface area contributed by atoms with E-state index in [1.54, 1.807) is 11.0 Å². The maximum absolute atomic E-state index is 12.9. The standard InChI is InChI=1S/C18H27N3O6S/c1-25-16-6-5-15(12-17(16)26-2)28(23,24)21-9-7-20(8-10-21)18(22)19-13-14-4-3-11-27-14/h5-6,12,14H,3-4,7-11,13H2,1-2H3,(H,19,22). The van der Waals surface area contributed by atoms with E-state index in [0.717, 1.165) is 19.4 Å². The Hall–Kier alpha value is -2.04. The van der Waals surface area contributed by atoms with Gasteiger partial charge in [0.1, 0.15) is 0 Å². The number of rotatable bonds is 6. The van der Waals surface area contributed by atoms with E-state index < -0.39 is 10.0 Å². The van der Waals surface area contributed by atoms with Gasteiger partial charge in [-0.25, -0.2) is 13.2 Å². The first kappa shape index (κ1) is 20.7. The maximum Gasteiger partial charge on any atom is 0.317 e. The maximum atomic E-state index is 12.9. The highest BCUT2D eigenvalue weighted by molar-refractivity contribution is 7.89. The molecule has 1 atom stereocenters. The van der Waals surface area contributed by atoms with Crippen LogP contribution in [0.5, 0.6) is 11.5 Å². The first-order valence-corrected chi connectivity index (χ1v) is 10.8. The van der Waals surface area contributed by atoms with E-state index in [1.807, 2.05) is 0 Å². The molecule has 0 saturated carbocycles. The molecular formula is C18H27N3O6S. The summed E-state index contributed by atoms with van der Waals surface area (Å²) in [4.78, 5) is 14.1. The van der Waals surface area contributed by atoms with Crippen LogP contribution in [-0.4, -0.2) is 83.3 Å². The normalized spacial score (nSPS) is 20.8. The summed E-state index contributed by atoms with van der Waals surface area (Å²) < 4.78 is 43.1. The number of urea groups is 1. The fraction of sp³-hybridized carbons (Fsp3) is 0.611. The van der Waals surface area contributed by atoms with Crippen molar-refractivity contribution in [2.24, 2.45) is 0 Å². The summed E-state index contributed by atoms with van der Waals surface area (Å²) in [5, 5.41) is 2.87. The lowest BCUT2D eigenvalue weighted by atomic mass is 10.2. The second kappa shape index (κ2) is 8.97. The molecule has 1 unspecified atom stereocenters. The van der Waals surface area contributed by atoms with E-state index in [0.29, 0.717) is 31.1 Å². The molecule has 2 heterocycles. The summed E-state index contributed by atoms with van der Waals surface area (Å²) in [7, 11) is -0.719. The van der Waals surface area contributed by atoms with Crippen LogP contribution in [0.2, 0.25) is 0 Å². The minimum Gasteiger partial charge on any atom is -0.493 e. The van der Waals surface area contributed by atoms with E-state index in [-0.39, 0.29) is 30.1 Å². The number of nitrogens with zero attached hydrogens (tertiary/aromatic N) is 2. The number of ether oxygens (including phenoxy) is 3. The van der Waals surface area contributed by atoms with Crippen LogP contribution in [0.25, 0.3) is 0 Å². The van der Waals surface area contributed by atoms with Gasteiger partial charge in [0.15, 0.2) is 11.5 Å². The summed E-state index contributed by atoms with van der Waals surface area (Å²) >= 11 is 0. The highest BCUT2D eigenvalue weighted by atomic mass is 32.2. The summed E-state index contributed by atoms with van der Waals surface area (Å²) in [6.07, 6.45) is 2.06. The molecule has 2 fully saturated rings. The molecule has 2 amide bonds. The lowest BCUT2D eigenvalue weighted by Crippen LogP contribution is -2.53. The van der Waals surface area contributed by atoms with Gasteiger partial charge in [-0.3, -0.25) is 0 Å². The number of carbonyl (C=O) groups excluding carboxylic acids is 1. The summed E-state index contributed by atoms with van der Waals surface area (Å²) in [5.41, 5.74) is 0. The van der Waals surface area contributed by atoms with Crippen LogP contribution >= 0.6 is 0 Å². The number of hydrogen-bond donors (Lipinski definition) is 1. The number of sulfonamides is 1. The third-order valence-electron chi connectivity index (χ3n) is 5.02. The van der Waals surface area contributed by atoms with Crippen LogP contribution < -0.4 is 14.8 Å². The SMILES string of the molecule is COc1ccc(S(=O)(=O)N2CCN(C(=O)NCC3CCCO3)CC2)cc1OC. The first-order valence-electron chi connectivity index (χ1n) is 9.32. The molecule has 0 spiro atoms. The molecule has 0 bridgehead atoms. The molecule has 1 aromatic rings. The van der Waals surface area contributed by atoms with Crippen LogP contribution in [0.1, 0.15) is 12.8 Å². The summed E-state index contributed by atoms with van der Waals surface area (Å²) in [6.45, 7) is 2.39. The Labute approximate surface area is 165 Å². The second-order valence-electron chi connectivity index (χ2n) is 6.73. The van der Waals surface area contributed by atoms with Crippen LogP contribution in [0.15, 0.2) is 23.1 Å². The zero-order chi connectivity index (χ0) is 20.1. The van der Waals surface area contributed by atoms with E-state index in [4.69, 9.17) is 14.2 Å². The Kier molecular flexibility index (Phi) is 6.63. The van der Waals surface area contributed by atoms with Gasteiger partial charge in [-0.05, 0) is 25.0 Å². The molecule has 2 aliphatic rings. The van der Waals surface area contributed by atoms with Crippen molar-refractivity contribution in [1.82, 2.24) is 14.5 Å². The van der Waals surface area contributed by atoms with Gasteiger partial charge >= 0.3 is 6.03 Å². The van der Waals surface area contributed by atoms with Crippen molar-refractivity contribution in [3.8, 4) is 11.5 Å². The first-order chi connectivity index (χ1) is 13.5. The van der Waals surface area contributed by atoms with Crippen molar-refractivity contribution in [2.45, 2.75) is 23.8 Å². The van der Waals surface area contributed by atoms with Crippen molar-refractivity contribution < 1.29 is 27.4 Å². The smallest absolute Gasteiger partial charge is 0.317 e. The Morgan fingerprint density at radius 3 is 2.50 bits per heavy atom. The topological polar surface area (TPSA) is 97.4 Å². The van der Waals surface area contributed by atoms with Crippen LogP contribution in [0, 0.1) is 0 Å². The van der Waals surface area contributed by atoms with Gasteiger partial charge in [-0.1, -0.05) is 0 Å². The molecule has 28 heavy (non-hydrogen) atoms. The molecule has 9 nitrogen and oxygen atoms in total. The molecule has 0 aliphatic carbocycles.